The molecule has 0 unspecified atom stereocenters. The van der Waals surface area contributed by atoms with Gasteiger partial charge >= 0.3 is 0 Å². The number of aliphatic hydroxyl groups is 1. The zero-order valence-corrected chi connectivity index (χ0v) is 9.14. The summed E-state index contributed by atoms with van der Waals surface area (Å²) in [5, 5.41) is 12.8. The van der Waals surface area contributed by atoms with Gasteiger partial charge in [0.1, 0.15) is 5.75 Å². The van der Waals surface area contributed by atoms with Gasteiger partial charge in [0.2, 0.25) is 5.91 Å². The molecule has 1 fully saturated rings. The van der Waals surface area contributed by atoms with Crippen LogP contribution in [-0.2, 0) is 4.79 Å². The highest BCUT2D eigenvalue weighted by molar-refractivity contribution is 5.78. The topological polar surface area (TPSA) is 58.6 Å². The molecule has 4 heteroatoms. The number of hydrogen-bond donors (Lipinski definition) is 2. The molecular formula is C12H15NO3. The Balaban J connectivity index is 2.13. The molecule has 4 nitrogen and oxygen atoms in total. The van der Waals surface area contributed by atoms with Crippen molar-refractivity contribution in [3.8, 4) is 5.75 Å². The Morgan fingerprint density at radius 2 is 2.38 bits per heavy atom. The van der Waals surface area contributed by atoms with E-state index in [1.165, 1.54) is 0 Å². The smallest absolute Gasteiger partial charge is 0.220 e. The van der Waals surface area contributed by atoms with Gasteiger partial charge in [-0.05, 0) is 24.1 Å². The number of hydrogen-bond acceptors (Lipinski definition) is 3. The standard InChI is InChI=1S/C12H15NO3/c1-16-9-4-2-3-8(7-9)12(15)10-5-6-11(14)13-10/h2-4,7,10,12,15H,5-6H2,1H3,(H,13,14)/t10-,12+/m1/s1. The summed E-state index contributed by atoms with van der Waals surface area (Å²) in [6, 6.07) is 7.09. The van der Waals surface area contributed by atoms with Crippen LogP contribution in [0.15, 0.2) is 24.3 Å². The van der Waals surface area contributed by atoms with E-state index in [9.17, 15) is 9.90 Å². The Hall–Kier alpha value is -1.55. The fraction of sp³-hybridized carbons (Fsp3) is 0.417. The fourth-order valence-electron chi connectivity index (χ4n) is 1.93. The maximum atomic E-state index is 11.1. The summed E-state index contributed by atoms with van der Waals surface area (Å²) < 4.78 is 5.09. The number of ether oxygens (including phenoxy) is 1. The summed E-state index contributed by atoms with van der Waals surface area (Å²) in [5.41, 5.74) is 0.770. The number of rotatable bonds is 3. The van der Waals surface area contributed by atoms with Crippen molar-refractivity contribution < 1.29 is 14.6 Å². The van der Waals surface area contributed by atoms with Crippen molar-refractivity contribution in [2.45, 2.75) is 25.0 Å². The Labute approximate surface area is 94.2 Å². The van der Waals surface area contributed by atoms with Gasteiger partial charge in [-0.25, -0.2) is 0 Å². The van der Waals surface area contributed by atoms with E-state index < -0.39 is 6.10 Å². The molecule has 2 rings (SSSR count). The molecule has 0 aromatic heterocycles. The van der Waals surface area contributed by atoms with E-state index in [-0.39, 0.29) is 11.9 Å². The zero-order chi connectivity index (χ0) is 11.5. The number of carbonyl (C=O) groups excluding carboxylic acids is 1. The number of methoxy groups -OCH3 is 1. The zero-order valence-electron chi connectivity index (χ0n) is 9.14. The molecule has 1 aliphatic rings. The monoisotopic (exact) mass is 221 g/mol. The molecular weight excluding hydrogens is 206 g/mol. The molecule has 0 aliphatic carbocycles. The molecule has 0 saturated carbocycles. The molecule has 0 bridgehead atoms. The van der Waals surface area contributed by atoms with Gasteiger partial charge in [0.05, 0.1) is 19.3 Å². The van der Waals surface area contributed by atoms with Crippen LogP contribution in [0.25, 0.3) is 0 Å². The molecule has 1 aromatic rings. The Kier molecular flexibility index (Phi) is 3.10. The lowest BCUT2D eigenvalue weighted by Crippen LogP contribution is -2.31. The molecule has 1 heterocycles. The maximum Gasteiger partial charge on any atom is 0.220 e. The predicted octanol–water partition coefficient (Wildman–Crippen LogP) is 1.01. The summed E-state index contributed by atoms with van der Waals surface area (Å²) in [6.45, 7) is 0. The largest absolute Gasteiger partial charge is 0.497 e. The minimum absolute atomic E-state index is 0.00643. The average Bonchev–Trinajstić information content (AvgIpc) is 2.75. The van der Waals surface area contributed by atoms with E-state index in [1.54, 1.807) is 13.2 Å². The molecule has 1 amide bonds. The van der Waals surface area contributed by atoms with E-state index in [2.05, 4.69) is 5.32 Å². The van der Waals surface area contributed by atoms with E-state index >= 15 is 0 Å². The van der Waals surface area contributed by atoms with Crippen LogP contribution < -0.4 is 10.1 Å². The highest BCUT2D eigenvalue weighted by Gasteiger charge is 2.28. The predicted molar refractivity (Wildman–Crippen MR) is 59.1 cm³/mol. The first-order chi connectivity index (χ1) is 7.70. The molecule has 0 spiro atoms. The second kappa shape index (κ2) is 4.53. The molecule has 2 N–H and O–H groups in total. The van der Waals surface area contributed by atoms with Crippen molar-refractivity contribution >= 4 is 5.91 Å². The van der Waals surface area contributed by atoms with Crippen LogP contribution in [0.3, 0.4) is 0 Å². The summed E-state index contributed by atoms with van der Waals surface area (Å²) >= 11 is 0. The van der Waals surface area contributed by atoms with Crippen LogP contribution in [0, 0.1) is 0 Å². The van der Waals surface area contributed by atoms with Gasteiger partial charge in [0.25, 0.3) is 0 Å². The number of carbonyl (C=O) groups is 1. The van der Waals surface area contributed by atoms with Crippen molar-refractivity contribution in [2.75, 3.05) is 7.11 Å². The number of aliphatic hydroxyl groups excluding tert-OH is 1. The Morgan fingerprint density at radius 3 is 3.00 bits per heavy atom. The number of benzene rings is 1. The first-order valence-corrected chi connectivity index (χ1v) is 5.32. The van der Waals surface area contributed by atoms with Gasteiger partial charge in [-0.2, -0.15) is 0 Å². The van der Waals surface area contributed by atoms with E-state index in [0.717, 1.165) is 5.56 Å². The Bertz CT molecular complexity index is 392. The summed E-state index contributed by atoms with van der Waals surface area (Å²) in [6.07, 6.45) is 0.504. The first kappa shape index (κ1) is 11.0. The summed E-state index contributed by atoms with van der Waals surface area (Å²) in [4.78, 5) is 11.1. The van der Waals surface area contributed by atoms with Crippen LogP contribution in [0.4, 0.5) is 0 Å². The third-order valence-electron chi connectivity index (χ3n) is 2.85. The minimum Gasteiger partial charge on any atom is -0.497 e. The van der Waals surface area contributed by atoms with Crippen molar-refractivity contribution in [1.29, 1.82) is 0 Å². The second-order valence-corrected chi connectivity index (χ2v) is 3.93. The highest BCUT2D eigenvalue weighted by atomic mass is 16.5. The van der Waals surface area contributed by atoms with E-state index in [4.69, 9.17) is 4.74 Å². The third kappa shape index (κ3) is 2.17. The fourth-order valence-corrected chi connectivity index (χ4v) is 1.93. The van der Waals surface area contributed by atoms with Crippen molar-refractivity contribution in [1.82, 2.24) is 5.32 Å². The Morgan fingerprint density at radius 1 is 1.56 bits per heavy atom. The highest BCUT2D eigenvalue weighted by Crippen LogP contribution is 2.25. The average molecular weight is 221 g/mol. The normalized spacial score (nSPS) is 21.6. The van der Waals surface area contributed by atoms with Gasteiger partial charge in [-0.3, -0.25) is 4.79 Å². The summed E-state index contributed by atoms with van der Waals surface area (Å²) in [5.74, 6) is 0.716. The van der Waals surface area contributed by atoms with Crippen LogP contribution in [0.2, 0.25) is 0 Å². The minimum atomic E-state index is -0.665. The first-order valence-electron chi connectivity index (χ1n) is 5.32. The van der Waals surface area contributed by atoms with Crippen molar-refractivity contribution in [3.05, 3.63) is 29.8 Å². The van der Waals surface area contributed by atoms with Gasteiger partial charge in [-0.15, -0.1) is 0 Å². The van der Waals surface area contributed by atoms with Crippen LogP contribution in [0.5, 0.6) is 5.75 Å². The van der Waals surface area contributed by atoms with E-state index in [1.807, 2.05) is 18.2 Å². The maximum absolute atomic E-state index is 11.1. The van der Waals surface area contributed by atoms with Gasteiger partial charge in [-0.1, -0.05) is 12.1 Å². The number of amides is 1. The molecule has 16 heavy (non-hydrogen) atoms. The van der Waals surface area contributed by atoms with E-state index in [0.29, 0.717) is 18.6 Å². The quantitative estimate of drug-likeness (QED) is 0.800. The van der Waals surface area contributed by atoms with Crippen molar-refractivity contribution in [2.24, 2.45) is 0 Å². The molecule has 1 saturated heterocycles. The molecule has 1 aromatic carbocycles. The molecule has 86 valence electrons. The van der Waals surface area contributed by atoms with Gasteiger partial charge in [0.15, 0.2) is 0 Å². The van der Waals surface area contributed by atoms with Crippen LogP contribution in [0.1, 0.15) is 24.5 Å². The van der Waals surface area contributed by atoms with Gasteiger partial charge < -0.3 is 15.2 Å². The van der Waals surface area contributed by atoms with Crippen LogP contribution in [-0.4, -0.2) is 24.2 Å². The molecule has 0 radical (unpaired) electrons. The lowest BCUT2D eigenvalue weighted by molar-refractivity contribution is -0.119. The van der Waals surface area contributed by atoms with Crippen molar-refractivity contribution in [3.63, 3.8) is 0 Å². The van der Waals surface area contributed by atoms with Gasteiger partial charge in [0, 0.05) is 6.42 Å². The number of nitrogens with one attached hydrogen (secondary N) is 1. The lowest BCUT2D eigenvalue weighted by atomic mass is 10.0. The second-order valence-electron chi connectivity index (χ2n) is 3.93. The summed E-state index contributed by atoms with van der Waals surface area (Å²) in [7, 11) is 1.59. The molecule has 1 aliphatic heterocycles. The molecule has 2 atom stereocenters. The third-order valence-corrected chi connectivity index (χ3v) is 2.85. The SMILES string of the molecule is COc1cccc([C@H](O)[C@H]2CCC(=O)N2)c1. The van der Waals surface area contributed by atoms with Crippen LogP contribution >= 0.6 is 0 Å². The lowest BCUT2D eigenvalue weighted by Gasteiger charge is -2.18.